The molecule has 1 fully saturated rings. The number of hydrogen-bond acceptors (Lipinski definition) is 8. The quantitative estimate of drug-likeness (QED) is 0.201. The molecule has 38 heavy (non-hydrogen) atoms. The number of carbonyl (C=O) groups is 2. The Morgan fingerprint density at radius 1 is 0.974 bits per heavy atom. The number of aryl methyl sites for hydroxylation is 1. The lowest BCUT2D eigenvalue weighted by Crippen LogP contribution is -2.29. The maximum absolute atomic E-state index is 13.6. The van der Waals surface area contributed by atoms with Crippen LogP contribution in [0.5, 0.6) is 17.2 Å². The third-order valence-corrected chi connectivity index (χ3v) is 7.32. The van der Waals surface area contributed by atoms with E-state index in [0.717, 1.165) is 22.4 Å². The molecular weight excluding hydrogens is 511 g/mol. The number of carbonyl (C=O) groups excluding carboxylic acids is 2. The molecule has 1 aliphatic heterocycles. The first kappa shape index (κ1) is 25.2. The lowest BCUT2D eigenvalue weighted by Gasteiger charge is -2.24. The van der Waals surface area contributed by atoms with E-state index in [1.807, 2.05) is 25.1 Å². The normalized spacial score (nSPS) is 16.8. The number of thiazole rings is 1. The van der Waals surface area contributed by atoms with E-state index >= 15 is 0 Å². The number of methoxy groups -OCH3 is 3. The lowest BCUT2D eigenvalue weighted by molar-refractivity contribution is -0.132. The van der Waals surface area contributed by atoms with Crippen molar-refractivity contribution in [3.05, 3.63) is 82.7 Å². The number of aliphatic hydroxyl groups excluding tert-OH is 1. The summed E-state index contributed by atoms with van der Waals surface area (Å²) in [6, 6.07) is 12.8. The predicted octanol–water partition coefficient (Wildman–Crippen LogP) is 5.40. The fourth-order valence-electron chi connectivity index (χ4n) is 4.49. The molecule has 10 heteroatoms. The number of anilines is 1. The molecule has 0 saturated carbocycles. The number of rotatable bonds is 6. The van der Waals surface area contributed by atoms with Crippen LogP contribution < -0.4 is 19.1 Å². The van der Waals surface area contributed by atoms with Gasteiger partial charge >= 0.3 is 5.91 Å². The molecule has 194 valence electrons. The van der Waals surface area contributed by atoms with E-state index in [9.17, 15) is 19.1 Å². The number of hydrogen-bond donors (Lipinski definition) is 1. The summed E-state index contributed by atoms with van der Waals surface area (Å²) in [7, 11) is 4.36. The van der Waals surface area contributed by atoms with E-state index in [1.54, 1.807) is 12.1 Å². The Morgan fingerprint density at radius 3 is 2.24 bits per heavy atom. The highest BCUT2D eigenvalue weighted by Gasteiger charge is 2.48. The first-order valence-electron chi connectivity index (χ1n) is 11.5. The summed E-state index contributed by atoms with van der Waals surface area (Å²) in [5.74, 6) is -1.79. The monoisotopic (exact) mass is 534 g/mol. The smallest absolute Gasteiger partial charge is 0.301 e. The third kappa shape index (κ3) is 4.12. The van der Waals surface area contributed by atoms with Gasteiger partial charge in [-0.3, -0.25) is 14.5 Å². The molecule has 1 N–H and O–H groups in total. The zero-order valence-electron chi connectivity index (χ0n) is 20.9. The molecule has 1 aliphatic rings. The number of Topliss-reactive ketones (excluding diaryl/α,β-unsaturated/α-hetero) is 1. The highest BCUT2D eigenvalue weighted by molar-refractivity contribution is 7.22. The summed E-state index contributed by atoms with van der Waals surface area (Å²) in [5, 5.41) is 11.6. The van der Waals surface area contributed by atoms with E-state index in [-0.39, 0.29) is 16.3 Å². The van der Waals surface area contributed by atoms with Gasteiger partial charge in [0.25, 0.3) is 5.78 Å². The number of fused-ring (bicyclic) bond motifs is 1. The molecule has 0 spiro atoms. The number of ether oxygens (including phenoxy) is 3. The van der Waals surface area contributed by atoms with E-state index in [1.165, 1.54) is 49.7 Å². The number of nitrogens with zero attached hydrogens (tertiary/aromatic N) is 2. The standard InChI is InChI=1S/C28H23FN2O6S/c1-14-5-10-18-21(11-14)38-28(30-18)31-23(16-12-19(35-2)26(37-4)20(13-16)36-3)22(25(33)27(31)34)24(32)15-6-8-17(29)9-7-15/h5-13,23,32H,1-4H3/t23-/m1/s1. The minimum Gasteiger partial charge on any atom is -0.507 e. The van der Waals surface area contributed by atoms with Crippen LogP contribution in [-0.2, 0) is 9.59 Å². The van der Waals surface area contributed by atoms with Crippen LogP contribution in [0.4, 0.5) is 9.52 Å². The van der Waals surface area contributed by atoms with Crippen LogP contribution in [0.25, 0.3) is 16.0 Å². The molecule has 1 aromatic heterocycles. The van der Waals surface area contributed by atoms with Crippen molar-refractivity contribution in [1.29, 1.82) is 0 Å². The number of aliphatic hydroxyl groups is 1. The van der Waals surface area contributed by atoms with Gasteiger partial charge < -0.3 is 19.3 Å². The Hall–Kier alpha value is -4.44. The molecule has 8 nitrogen and oxygen atoms in total. The second-order valence-electron chi connectivity index (χ2n) is 8.60. The zero-order chi connectivity index (χ0) is 27.1. The summed E-state index contributed by atoms with van der Waals surface area (Å²) < 4.78 is 30.9. The first-order valence-corrected chi connectivity index (χ1v) is 12.3. The zero-order valence-corrected chi connectivity index (χ0v) is 21.8. The van der Waals surface area contributed by atoms with Gasteiger partial charge in [-0.1, -0.05) is 17.4 Å². The Bertz CT molecular complexity index is 1590. The van der Waals surface area contributed by atoms with Crippen LogP contribution in [0.2, 0.25) is 0 Å². The van der Waals surface area contributed by atoms with Gasteiger partial charge in [-0.25, -0.2) is 9.37 Å². The Balaban J connectivity index is 1.78. The van der Waals surface area contributed by atoms with Crippen molar-refractivity contribution in [3.63, 3.8) is 0 Å². The average Bonchev–Trinajstić information content (AvgIpc) is 3.45. The summed E-state index contributed by atoms with van der Waals surface area (Å²) in [5.41, 5.74) is 2.11. The molecule has 0 unspecified atom stereocenters. The summed E-state index contributed by atoms with van der Waals surface area (Å²) in [6.07, 6.45) is 0. The Morgan fingerprint density at radius 2 is 1.63 bits per heavy atom. The van der Waals surface area contributed by atoms with Crippen molar-refractivity contribution in [2.45, 2.75) is 13.0 Å². The number of benzene rings is 3. The molecule has 4 aromatic rings. The first-order chi connectivity index (χ1) is 18.3. The molecule has 2 heterocycles. The van der Waals surface area contributed by atoms with Crippen LogP contribution >= 0.6 is 11.3 Å². The van der Waals surface area contributed by atoms with Crippen molar-refractivity contribution in [3.8, 4) is 17.2 Å². The van der Waals surface area contributed by atoms with Gasteiger partial charge in [-0.15, -0.1) is 0 Å². The Labute approximate surface area is 221 Å². The molecule has 0 bridgehead atoms. The van der Waals surface area contributed by atoms with Crippen molar-refractivity contribution in [2.75, 3.05) is 26.2 Å². The Kier molecular flexibility index (Phi) is 6.50. The molecule has 3 aromatic carbocycles. The van der Waals surface area contributed by atoms with Gasteiger partial charge in [0.1, 0.15) is 11.6 Å². The molecule has 1 atom stereocenters. The van der Waals surface area contributed by atoms with Crippen molar-refractivity contribution < 1.29 is 33.3 Å². The number of ketones is 1. The molecule has 5 rings (SSSR count). The maximum atomic E-state index is 13.6. The van der Waals surface area contributed by atoms with Gasteiger partial charge in [-0.2, -0.15) is 0 Å². The fourth-order valence-corrected chi connectivity index (χ4v) is 5.58. The molecule has 1 amide bonds. The predicted molar refractivity (Wildman–Crippen MR) is 142 cm³/mol. The largest absolute Gasteiger partial charge is 0.507 e. The van der Waals surface area contributed by atoms with Gasteiger partial charge in [0, 0.05) is 5.56 Å². The number of aromatic nitrogens is 1. The van der Waals surface area contributed by atoms with E-state index in [0.29, 0.717) is 28.3 Å². The van der Waals surface area contributed by atoms with Crippen molar-refractivity contribution in [2.24, 2.45) is 0 Å². The van der Waals surface area contributed by atoms with Crippen LogP contribution in [0.15, 0.2) is 60.2 Å². The van der Waals surface area contributed by atoms with Crippen LogP contribution in [0.3, 0.4) is 0 Å². The van der Waals surface area contributed by atoms with Gasteiger partial charge in [-0.05, 0) is 66.6 Å². The maximum Gasteiger partial charge on any atom is 0.301 e. The summed E-state index contributed by atoms with van der Waals surface area (Å²) >= 11 is 1.25. The molecular formula is C28H23FN2O6S. The molecule has 1 saturated heterocycles. The second kappa shape index (κ2) is 9.79. The highest BCUT2D eigenvalue weighted by Crippen LogP contribution is 2.48. The van der Waals surface area contributed by atoms with Crippen molar-refractivity contribution >= 4 is 44.1 Å². The van der Waals surface area contributed by atoms with Gasteiger partial charge in [0.15, 0.2) is 16.6 Å². The SMILES string of the molecule is COc1cc([C@@H]2C(=C(O)c3ccc(F)cc3)C(=O)C(=O)N2c2nc3ccc(C)cc3s2)cc(OC)c1OC. The van der Waals surface area contributed by atoms with Crippen LogP contribution in [0, 0.1) is 12.7 Å². The molecule has 0 radical (unpaired) electrons. The lowest BCUT2D eigenvalue weighted by atomic mass is 9.94. The van der Waals surface area contributed by atoms with Crippen LogP contribution in [-0.4, -0.2) is 43.1 Å². The molecule has 0 aliphatic carbocycles. The minimum absolute atomic E-state index is 0.175. The van der Waals surface area contributed by atoms with Gasteiger partial charge in [0.2, 0.25) is 5.75 Å². The summed E-state index contributed by atoms with van der Waals surface area (Å²) in [4.78, 5) is 32.9. The van der Waals surface area contributed by atoms with E-state index < -0.39 is 29.3 Å². The van der Waals surface area contributed by atoms with Gasteiger partial charge in [0.05, 0.1) is 43.2 Å². The number of halogens is 1. The summed E-state index contributed by atoms with van der Waals surface area (Å²) in [6.45, 7) is 1.95. The fraction of sp³-hybridized carbons (Fsp3) is 0.179. The number of amides is 1. The van der Waals surface area contributed by atoms with E-state index in [2.05, 4.69) is 4.98 Å². The van der Waals surface area contributed by atoms with Crippen molar-refractivity contribution in [1.82, 2.24) is 4.98 Å². The average molecular weight is 535 g/mol. The van der Waals surface area contributed by atoms with Crippen LogP contribution in [0.1, 0.15) is 22.7 Å². The van der Waals surface area contributed by atoms with E-state index in [4.69, 9.17) is 14.2 Å². The third-order valence-electron chi connectivity index (χ3n) is 6.30. The second-order valence-corrected chi connectivity index (χ2v) is 9.61. The highest BCUT2D eigenvalue weighted by atomic mass is 32.1. The topological polar surface area (TPSA) is 98.2 Å². The minimum atomic E-state index is -1.09.